The van der Waals surface area contributed by atoms with Gasteiger partial charge in [0.15, 0.2) is 0 Å². The van der Waals surface area contributed by atoms with Crippen LogP contribution >= 0.6 is 11.9 Å². The van der Waals surface area contributed by atoms with Gasteiger partial charge in [-0.15, -0.1) is 0 Å². The highest BCUT2D eigenvalue weighted by Gasteiger charge is 2.30. The fourth-order valence-corrected chi connectivity index (χ4v) is 6.76. The summed E-state index contributed by atoms with van der Waals surface area (Å²) in [7, 11) is 0. The molecule has 1 aliphatic rings. The first-order valence-electron chi connectivity index (χ1n) is 15.6. The van der Waals surface area contributed by atoms with Crippen molar-refractivity contribution in [2.45, 2.75) is 69.1 Å². The SMILES string of the molecule is Cc1ccc(SN(CC(=O)N(Cc2ccc(C3CCCCC3)cc2)c2ccc(C(=O)O)c(O)c2)Cc2ccc(C(F)(F)F)cc2)cc1. The maximum absolute atomic E-state index is 14.1. The van der Waals surface area contributed by atoms with E-state index in [0.717, 1.165) is 41.0 Å². The van der Waals surface area contributed by atoms with Gasteiger partial charge in [-0.2, -0.15) is 13.2 Å². The van der Waals surface area contributed by atoms with Crippen molar-refractivity contribution in [3.05, 3.63) is 124 Å². The van der Waals surface area contributed by atoms with Crippen LogP contribution in [0.1, 0.15) is 76.2 Å². The minimum Gasteiger partial charge on any atom is -0.507 e. The third-order valence-electron chi connectivity index (χ3n) is 8.43. The Morgan fingerprint density at radius 3 is 2.04 bits per heavy atom. The third-order valence-corrected chi connectivity index (χ3v) is 9.43. The quantitative estimate of drug-likeness (QED) is 0.156. The number of aromatic carboxylic acids is 1. The predicted octanol–water partition coefficient (Wildman–Crippen LogP) is 9.21. The van der Waals surface area contributed by atoms with Gasteiger partial charge in [-0.25, -0.2) is 9.10 Å². The second kappa shape index (κ2) is 15.1. The zero-order valence-electron chi connectivity index (χ0n) is 26.0. The molecule has 47 heavy (non-hydrogen) atoms. The van der Waals surface area contributed by atoms with Gasteiger partial charge in [0.2, 0.25) is 5.91 Å². The molecular formula is C37H37F3N2O4S. The van der Waals surface area contributed by atoms with Gasteiger partial charge < -0.3 is 15.1 Å². The van der Waals surface area contributed by atoms with Crippen LogP contribution in [0.3, 0.4) is 0 Å². The van der Waals surface area contributed by atoms with E-state index in [1.807, 2.05) is 43.3 Å². The van der Waals surface area contributed by atoms with Gasteiger partial charge >= 0.3 is 12.1 Å². The standard InChI is InChI=1S/C37H37F3N2O4S/c1-25-7-18-32(19-8-25)47-41(22-26-11-15-30(16-12-26)37(38,39)40)24-35(44)42(31-17-20-33(36(45)46)34(43)21-31)23-27-9-13-29(14-10-27)28-5-3-2-4-6-28/h7-21,28,43H,2-6,22-24H2,1H3,(H,45,46). The molecule has 0 saturated heterocycles. The van der Waals surface area contributed by atoms with Gasteiger partial charge in [0.05, 0.1) is 18.7 Å². The largest absolute Gasteiger partial charge is 0.507 e. The molecule has 4 aromatic rings. The smallest absolute Gasteiger partial charge is 0.416 e. The Kier molecular flexibility index (Phi) is 10.9. The topological polar surface area (TPSA) is 81.1 Å². The number of hydrogen-bond donors (Lipinski definition) is 2. The number of anilines is 1. The van der Waals surface area contributed by atoms with E-state index >= 15 is 0 Å². The van der Waals surface area contributed by atoms with Gasteiger partial charge in [-0.05, 0) is 90.7 Å². The van der Waals surface area contributed by atoms with Crippen LogP contribution < -0.4 is 4.90 Å². The Morgan fingerprint density at radius 1 is 0.830 bits per heavy atom. The Hall–Kier alpha value is -4.28. The van der Waals surface area contributed by atoms with E-state index in [9.17, 15) is 33.0 Å². The van der Waals surface area contributed by atoms with Crippen LogP contribution in [0.4, 0.5) is 18.9 Å². The molecule has 0 unspecified atom stereocenters. The van der Waals surface area contributed by atoms with Crippen LogP contribution in [0.25, 0.3) is 0 Å². The molecule has 1 amide bonds. The Bertz CT molecular complexity index is 1670. The van der Waals surface area contributed by atoms with E-state index in [1.54, 1.807) is 4.31 Å². The summed E-state index contributed by atoms with van der Waals surface area (Å²) in [6.45, 7) is 2.18. The fraction of sp³-hybridized carbons (Fsp3) is 0.297. The van der Waals surface area contributed by atoms with Crippen molar-refractivity contribution in [1.82, 2.24) is 4.31 Å². The summed E-state index contributed by atoms with van der Waals surface area (Å²) >= 11 is 1.31. The van der Waals surface area contributed by atoms with Crippen molar-refractivity contribution in [3.8, 4) is 5.75 Å². The summed E-state index contributed by atoms with van der Waals surface area (Å²) < 4.78 is 41.4. The van der Waals surface area contributed by atoms with Gasteiger partial charge in [0.1, 0.15) is 11.3 Å². The van der Waals surface area contributed by atoms with Crippen LogP contribution in [0.5, 0.6) is 5.75 Å². The lowest BCUT2D eigenvalue weighted by molar-refractivity contribution is -0.137. The second-order valence-corrected chi connectivity index (χ2v) is 13.1. The number of benzene rings is 4. The monoisotopic (exact) mass is 662 g/mol. The van der Waals surface area contributed by atoms with Crippen molar-refractivity contribution in [2.24, 2.45) is 0 Å². The Labute approximate surface area is 277 Å². The molecule has 0 aliphatic heterocycles. The molecule has 1 saturated carbocycles. The van der Waals surface area contributed by atoms with Crippen molar-refractivity contribution in [2.75, 3.05) is 11.4 Å². The Morgan fingerprint density at radius 2 is 1.45 bits per heavy atom. The lowest BCUT2D eigenvalue weighted by Crippen LogP contribution is -2.37. The van der Waals surface area contributed by atoms with E-state index in [1.165, 1.54) is 72.0 Å². The van der Waals surface area contributed by atoms with Gasteiger partial charge in [0.25, 0.3) is 0 Å². The molecule has 246 valence electrons. The number of alkyl halides is 3. The zero-order chi connectivity index (χ0) is 33.6. The summed E-state index contributed by atoms with van der Waals surface area (Å²) in [5.74, 6) is -1.57. The van der Waals surface area contributed by atoms with Crippen molar-refractivity contribution in [3.63, 3.8) is 0 Å². The molecule has 0 spiro atoms. The summed E-state index contributed by atoms with van der Waals surface area (Å²) in [5, 5.41) is 19.9. The van der Waals surface area contributed by atoms with Crippen molar-refractivity contribution < 1.29 is 33.0 Å². The molecule has 5 rings (SSSR count). The zero-order valence-corrected chi connectivity index (χ0v) is 26.9. The first-order chi connectivity index (χ1) is 22.5. The highest BCUT2D eigenvalue weighted by molar-refractivity contribution is 7.97. The number of phenols is 1. The average molecular weight is 663 g/mol. The van der Waals surface area contributed by atoms with Crippen LogP contribution in [-0.2, 0) is 24.1 Å². The first kappa shape index (κ1) is 34.1. The number of aromatic hydroxyl groups is 1. The van der Waals surface area contributed by atoms with Crippen molar-refractivity contribution in [1.29, 1.82) is 0 Å². The molecule has 0 radical (unpaired) electrons. The lowest BCUT2D eigenvalue weighted by atomic mass is 9.84. The molecule has 1 aliphatic carbocycles. The molecular weight excluding hydrogens is 625 g/mol. The molecule has 10 heteroatoms. The summed E-state index contributed by atoms with van der Waals surface area (Å²) in [5.41, 5.74) is 3.08. The fourth-order valence-electron chi connectivity index (χ4n) is 5.81. The van der Waals surface area contributed by atoms with Crippen LogP contribution in [-0.4, -0.2) is 32.9 Å². The molecule has 0 aromatic heterocycles. The number of carboxylic acids is 1. The number of amides is 1. The van der Waals surface area contributed by atoms with Crippen LogP contribution in [0.15, 0.2) is 95.9 Å². The maximum atomic E-state index is 14.1. The van der Waals surface area contributed by atoms with Gasteiger partial charge in [-0.3, -0.25) is 4.79 Å². The van der Waals surface area contributed by atoms with Crippen LogP contribution in [0, 0.1) is 6.92 Å². The summed E-state index contributed by atoms with van der Waals surface area (Å²) in [6, 6.07) is 24.8. The molecule has 6 nitrogen and oxygen atoms in total. The van der Waals surface area contributed by atoms with E-state index in [4.69, 9.17) is 0 Å². The number of aryl methyl sites for hydroxylation is 1. The second-order valence-electron chi connectivity index (χ2n) is 12.0. The first-order valence-corrected chi connectivity index (χ1v) is 16.3. The van der Waals surface area contributed by atoms with E-state index in [-0.39, 0.29) is 31.1 Å². The average Bonchev–Trinajstić information content (AvgIpc) is 3.05. The number of nitrogens with zero attached hydrogens (tertiary/aromatic N) is 2. The normalized spacial score (nSPS) is 13.9. The van der Waals surface area contributed by atoms with Crippen molar-refractivity contribution >= 4 is 29.5 Å². The molecule has 0 heterocycles. The minimum atomic E-state index is -4.46. The van der Waals surface area contributed by atoms with E-state index in [0.29, 0.717) is 17.2 Å². The van der Waals surface area contributed by atoms with Gasteiger partial charge in [0, 0.05) is 23.2 Å². The molecule has 0 bridgehead atoms. The summed E-state index contributed by atoms with van der Waals surface area (Å²) in [6.07, 6.45) is 1.56. The predicted molar refractivity (Wildman–Crippen MR) is 177 cm³/mol. The van der Waals surface area contributed by atoms with E-state index < -0.39 is 23.5 Å². The number of carbonyl (C=O) groups is 2. The number of carbonyl (C=O) groups excluding carboxylic acids is 1. The number of hydrogen-bond acceptors (Lipinski definition) is 5. The molecule has 0 atom stereocenters. The molecule has 2 N–H and O–H groups in total. The lowest BCUT2D eigenvalue weighted by Gasteiger charge is -2.28. The number of carboxylic acid groups (broad SMARTS) is 1. The third kappa shape index (κ3) is 9.17. The Balaban J connectivity index is 1.42. The van der Waals surface area contributed by atoms with E-state index in [2.05, 4.69) is 12.1 Å². The minimum absolute atomic E-state index is 0.124. The number of rotatable bonds is 11. The summed E-state index contributed by atoms with van der Waals surface area (Å²) in [4.78, 5) is 28.1. The highest BCUT2D eigenvalue weighted by atomic mass is 32.2. The number of halogens is 3. The molecule has 4 aromatic carbocycles. The van der Waals surface area contributed by atoms with Crippen LogP contribution in [0.2, 0.25) is 0 Å². The van der Waals surface area contributed by atoms with Gasteiger partial charge in [-0.1, -0.05) is 73.4 Å². The highest BCUT2D eigenvalue weighted by Crippen LogP contribution is 2.34. The maximum Gasteiger partial charge on any atom is 0.416 e. The molecule has 1 fully saturated rings.